The standard InChI is InChI=1S/C20H19Cl2N3O3/c21-13-6-5-12(15(22)11-13)9-10-23-18(26)8-7-17-20(28)24-16-4-2-1-3-14(16)19(27)25-17/h1-6,11,17H,7-10H2,(H,23,26)(H,24,28)(H,25,27)/t17-/m1/s1. The lowest BCUT2D eigenvalue weighted by atomic mass is 10.1. The molecule has 0 unspecified atom stereocenters. The van der Waals surface area contributed by atoms with Gasteiger partial charge in [0.05, 0.1) is 11.3 Å². The molecule has 0 radical (unpaired) electrons. The molecule has 146 valence electrons. The Morgan fingerprint density at radius 3 is 2.68 bits per heavy atom. The van der Waals surface area contributed by atoms with Gasteiger partial charge in [-0.15, -0.1) is 0 Å². The number of hydrogen-bond donors (Lipinski definition) is 3. The van der Waals surface area contributed by atoms with Gasteiger partial charge in [-0.05, 0) is 42.7 Å². The number of fused-ring (bicyclic) bond motifs is 1. The molecule has 0 aromatic heterocycles. The van der Waals surface area contributed by atoms with Crippen molar-refractivity contribution in [2.75, 3.05) is 11.9 Å². The molecule has 2 aromatic carbocycles. The van der Waals surface area contributed by atoms with E-state index < -0.39 is 6.04 Å². The van der Waals surface area contributed by atoms with Gasteiger partial charge in [0.15, 0.2) is 0 Å². The zero-order valence-corrected chi connectivity index (χ0v) is 16.4. The van der Waals surface area contributed by atoms with E-state index in [1.807, 2.05) is 6.07 Å². The number of amides is 3. The van der Waals surface area contributed by atoms with Gasteiger partial charge >= 0.3 is 0 Å². The summed E-state index contributed by atoms with van der Waals surface area (Å²) >= 11 is 12.0. The van der Waals surface area contributed by atoms with Gasteiger partial charge < -0.3 is 16.0 Å². The first-order valence-electron chi connectivity index (χ1n) is 8.85. The van der Waals surface area contributed by atoms with E-state index in [1.165, 1.54) is 0 Å². The molecule has 6 nitrogen and oxygen atoms in total. The molecule has 3 amide bonds. The van der Waals surface area contributed by atoms with Gasteiger partial charge in [-0.1, -0.05) is 41.4 Å². The molecule has 0 saturated carbocycles. The summed E-state index contributed by atoms with van der Waals surface area (Å²) in [6.45, 7) is 0.412. The maximum absolute atomic E-state index is 12.3. The topological polar surface area (TPSA) is 87.3 Å². The third-order valence-electron chi connectivity index (χ3n) is 4.44. The molecule has 0 saturated heterocycles. The lowest BCUT2D eigenvalue weighted by Crippen LogP contribution is -2.42. The second kappa shape index (κ2) is 9.08. The Hall–Kier alpha value is -2.57. The van der Waals surface area contributed by atoms with Crippen molar-refractivity contribution in [3.8, 4) is 0 Å². The van der Waals surface area contributed by atoms with Crippen molar-refractivity contribution in [1.29, 1.82) is 0 Å². The Kier molecular flexibility index (Phi) is 6.54. The monoisotopic (exact) mass is 419 g/mol. The molecule has 0 spiro atoms. The van der Waals surface area contributed by atoms with Gasteiger partial charge in [-0.25, -0.2) is 0 Å². The van der Waals surface area contributed by atoms with Crippen LogP contribution in [0.4, 0.5) is 5.69 Å². The van der Waals surface area contributed by atoms with E-state index in [9.17, 15) is 14.4 Å². The second-order valence-corrected chi connectivity index (χ2v) is 7.28. The number of carbonyl (C=O) groups excluding carboxylic acids is 3. The van der Waals surface area contributed by atoms with E-state index in [-0.39, 0.29) is 30.6 Å². The average Bonchev–Trinajstić information content (AvgIpc) is 2.78. The smallest absolute Gasteiger partial charge is 0.254 e. The van der Waals surface area contributed by atoms with Gasteiger partial charge in [0.25, 0.3) is 5.91 Å². The van der Waals surface area contributed by atoms with Crippen LogP contribution < -0.4 is 16.0 Å². The van der Waals surface area contributed by atoms with Crippen LogP contribution in [-0.2, 0) is 16.0 Å². The van der Waals surface area contributed by atoms with E-state index in [1.54, 1.807) is 36.4 Å². The highest BCUT2D eigenvalue weighted by atomic mass is 35.5. The van der Waals surface area contributed by atoms with Crippen molar-refractivity contribution in [3.63, 3.8) is 0 Å². The Morgan fingerprint density at radius 1 is 1.11 bits per heavy atom. The molecule has 1 heterocycles. The summed E-state index contributed by atoms with van der Waals surface area (Å²) in [4.78, 5) is 36.7. The third-order valence-corrected chi connectivity index (χ3v) is 5.03. The van der Waals surface area contributed by atoms with Crippen LogP contribution in [0.25, 0.3) is 0 Å². The van der Waals surface area contributed by atoms with Crippen molar-refractivity contribution in [2.24, 2.45) is 0 Å². The van der Waals surface area contributed by atoms with Crippen molar-refractivity contribution >= 4 is 46.6 Å². The number of rotatable bonds is 6. The quantitative estimate of drug-likeness (QED) is 0.671. The molecular weight excluding hydrogens is 401 g/mol. The minimum Gasteiger partial charge on any atom is -0.356 e. The van der Waals surface area contributed by atoms with Gasteiger partial charge in [0, 0.05) is 23.0 Å². The molecule has 0 fully saturated rings. The van der Waals surface area contributed by atoms with E-state index in [0.29, 0.717) is 34.3 Å². The molecule has 3 rings (SSSR count). The number of nitrogens with one attached hydrogen (secondary N) is 3. The van der Waals surface area contributed by atoms with Crippen molar-refractivity contribution in [3.05, 3.63) is 63.6 Å². The predicted octanol–water partition coefficient (Wildman–Crippen LogP) is 3.18. The fourth-order valence-corrected chi connectivity index (χ4v) is 3.44. The Balaban J connectivity index is 1.48. The van der Waals surface area contributed by atoms with Gasteiger partial charge in [0.2, 0.25) is 11.8 Å². The molecule has 1 aliphatic rings. The maximum Gasteiger partial charge on any atom is 0.254 e. The lowest BCUT2D eigenvalue weighted by Gasteiger charge is -2.14. The molecule has 0 aliphatic carbocycles. The summed E-state index contributed by atoms with van der Waals surface area (Å²) in [6.07, 6.45) is 0.889. The minimum atomic E-state index is -0.767. The van der Waals surface area contributed by atoms with Crippen molar-refractivity contribution in [1.82, 2.24) is 10.6 Å². The Bertz CT molecular complexity index is 917. The minimum absolute atomic E-state index is 0.114. The number of carbonyl (C=O) groups is 3. The number of benzene rings is 2. The van der Waals surface area contributed by atoms with Crippen LogP contribution in [0.3, 0.4) is 0 Å². The molecule has 28 heavy (non-hydrogen) atoms. The summed E-state index contributed by atoms with van der Waals surface area (Å²) in [5.41, 5.74) is 1.76. The van der Waals surface area contributed by atoms with Gasteiger partial charge in [-0.3, -0.25) is 14.4 Å². The number of halogens is 2. The van der Waals surface area contributed by atoms with Crippen LogP contribution in [-0.4, -0.2) is 30.3 Å². The van der Waals surface area contributed by atoms with Crippen LogP contribution in [0, 0.1) is 0 Å². The molecule has 0 bridgehead atoms. The normalized spacial score (nSPS) is 15.9. The highest BCUT2D eigenvalue weighted by molar-refractivity contribution is 6.35. The van der Waals surface area contributed by atoms with Crippen LogP contribution in [0.5, 0.6) is 0 Å². The molecule has 1 aliphatic heterocycles. The summed E-state index contributed by atoms with van der Waals surface area (Å²) in [5.74, 6) is -0.871. The first-order valence-corrected chi connectivity index (χ1v) is 9.61. The number of para-hydroxylation sites is 1. The Morgan fingerprint density at radius 2 is 1.89 bits per heavy atom. The average molecular weight is 420 g/mol. The maximum atomic E-state index is 12.3. The SMILES string of the molecule is O=C(CC[C@H]1NC(=O)c2ccccc2NC1=O)NCCc1ccc(Cl)cc1Cl. The zero-order chi connectivity index (χ0) is 20.1. The lowest BCUT2D eigenvalue weighted by molar-refractivity contribution is -0.121. The zero-order valence-electron chi connectivity index (χ0n) is 14.9. The summed E-state index contributed by atoms with van der Waals surface area (Å²) < 4.78 is 0. The van der Waals surface area contributed by atoms with Gasteiger partial charge in [0.1, 0.15) is 6.04 Å². The fourth-order valence-electron chi connectivity index (χ4n) is 2.94. The van der Waals surface area contributed by atoms with Crippen LogP contribution in [0.1, 0.15) is 28.8 Å². The molecule has 1 atom stereocenters. The fraction of sp³-hybridized carbons (Fsp3) is 0.250. The van der Waals surface area contributed by atoms with Crippen molar-refractivity contribution in [2.45, 2.75) is 25.3 Å². The summed E-state index contributed by atoms with van der Waals surface area (Å²) in [6, 6.07) is 11.2. The first-order chi connectivity index (χ1) is 13.4. The molecule has 3 N–H and O–H groups in total. The number of anilines is 1. The largest absolute Gasteiger partial charge is 0.356 e. The van der Waals surface area contributed by atoms with Crippen molar-refractivity contribution < 1.29 is 14.4 Å². The summed E-state index contributed by atoms with van der Waals surface area (Å²) in [7, 11) is 0. The predicted molar refractivity (Wildman–Crippen MR) is 109 cm³/mol. The second-order valence-electron chi connectivity index (χ2n) is 6.44. The van der Waals surface area contributed by atoms with Gasteiger partial charge in [-0.2, -0.15) is 0 Å². The van der Waals surface area contributed by atoms with Crippen LogP contribution >= 0.6 is 23.2 Å². The number of hydrogen-bond acceptors (Lipinski definition) is 3. The van der Waals surface area contributed by atoms with E-state index in [0.717, 1.165) is 5.56 Å². The van der Waals surface area contributed by atoms with E-state index in [4.69, 9.17) is 23.2 Å². The third kappa shape index (κ3) is 5.03. The highest BCUT2D eigenvalue weighted by Crippen LogP contribution is 2.21. The molecule has 8 heteroatoms. The highest BCUT2D eigenvalue weighted by Gasteiger charge is 2.27. The first kappa shape index (κ1) is 20.2. The van der Waals surface area contributed by atoms with E-state index in [2.05, 4.69) is 16.0 Å². The summed E-state index contributed by atoms with van der Waals surface area (Å²) in [5, 5.41) is 9.31. The molecule has 2 aromatic rings. The van der Waals surface area contributed by atoms with E-state index >= 15 is 0 Å². The van der Waals surface area contributed by atoms with Crippen LogP contribution in [0.15, 0.2) is 42.5 Å². The molecular formula is C20H19Cl2N3O3. The van der Waals surface area contributed by atoms with Crippen LogP contribution in [0.2, 0.25) is 10.0 Å². The Labute approximate surface area is 172 Å².